The van der Waals surface area contributed by atoms with E-state index in [-0.39, 0.29) is 11.5 Å². The van der Waals surface area contributed by atoms with Crippen molar-refractivity contribution in [3.63, 3.8) is 0 Å². The van der Waals surface area contributed by atoms with Crippen molar-refractivity contribution in [2.75, 3.05) is 12.4 Å². The molecule has 2 heterocycles. The summed E-state index contributed by atoms with van der Waals surface area (Å²) < 4.78 is 6.03. The summed E-state index contributed by atoms with van der Waals surface area (Å²) in [5.41, 5.74) is 1.99. The summed E-state index contributed by atoms with van der Waals surface area (Å²) in [5.74, 6) is -0.832. The first-order chi connectivity index (χ1) is 13.4. The van der Waals surface area contributed by atoms with Crippen molar-refractivity contribution in [1.82, 2.24) is 9.55 Å². The number of carbonyl (C=O) groups excluding carboxylic acids is 2. The van der Waals surface area contributed by atoms with Gasteiger partial charge in [-0.2, -0.15) is 0 Å². The van der Waals surface area contributed by atoms with E-state index in [0.717, 1.165) is 17.8 Å². The van der Waals surface area contributed by atoms with Crippen LogP contribution in [0.1, 0.15) is 40.7 Å². The van der Waals surface area contributed by atoms with Gasteiger partial charge in [0, 0.05) is 5.69 Å². The number of methoxy groups -OCH3 is 1. The molecule has 0 bridgehead atoms. The summed E-state index contributed by atoms with van der Waals surface area (Å²) in [6.45, 7) is 5.37. The van der Waals surface area contributed by atoms with Crippen LogP contribution >= 0.6 is 11.3 Å². The Morgan fingerprint density at radius 3 is 2.57 bits per heavy atom. The standard InChI is InChI=1S/C20H21N3O4S/c1-5-13-6-8-14(9-7-13)22-17(24)12(3)23-10-21-18-15(19(23)25)11(2)16(28-18)20(26)27-4/h6-10,12H,5H2,1-4H3,(H,22,24)/t12-/m0/s1. The van der Waals surface area contributed by atoms with Crippen molar-refractivity contribution in [3.05, 3.63) is 57.0 Å². The molecule has 0 saturated heterocycles. The van der Waals surface area contributed by atoms with Crippen LogP contribution in [0.4, 0.5) is 5.69 Å². The van der Waals surface area contributed by atoms with E-state index in [1.54, 1.807) is 13.8 Å². The van der Waals surface area contributed by atoms with Gasteiger partial charge in [-0.05, 0) is 43.5 Å². The van der Waals surface area contributed by atoms with Crippen LogP contribution in [0.5, 0.6) is 0 Å². The number of ether oxygens (including phenoxy) is 1. The smallest absolute Gasteiger partial charge is 0.348 e. The van der Waals surface area contributed by atoms with E-state index in [2.05, 4.69) is 17.2 Å². The Bertz CT molecular complexity index is 1100. The number of aromatic nitrogens is 2. The summed E-state index contributed by atoms with van der Waals surface area (Å²) in [4.78, 5) is 42.5. The monoisotopic (exact) mass is 399 g/mol. The summed E-state index contributed by atoms with van der Waals surface area (Å²) in [6, 6.07) is 6.79. The molecule has 2 aromatic heterocycles. The van der Waals surface area contributed by atoms with Gasteiger partial charge in [-0.15, -0.1) is 11.3 Å². The molecule has 8 heteroatoms. The number of nitrogens with one attached hydrogen (secondary N) is 1. The number of anilines is 1. The molecule has 3 aromatic rings. The number of benzene rings is 1. The number of aryl methyl sites for hydroxylation is 2. The molecule has 3 rings (SSSR count). The molecule has 28 heavy (non-hydrogen) atoms. The third-order valence-corrected chi connectivity index (χ3v) is 5.85. The maximum atomic E-state index is 13.0. The average Bonchev–Trinajstić information content (AvgIpc) is 3.05. The Balaban J connectivity index is 1.92. The summed E-state index contributed by atoms with van der Waals surface area (Å²) >= 11 is 1.11. The van der Waals surface area contributed by atoms with Crippen molar-refractivity contribution in [3.8, 4) is 0 Å². The van der Waals surface area contributed by atoms with Gasteiger partial charge in [0.15, 0.2) is 0 Å². The number of rotatable bonds is 5. The lowest BCUT2D eigenvalue weighted by Crippen LogP contribution is -2.31. The van der Waals surface area contributed by atoms with Crippen LogP contribution in [0.3, 0.4) is 0 Å². The summed E-state index contributed by atoms with van der Waals surface area (Å²) in [7, 11) is 1.29. The van der Waals surface area contributed by atoms with Crippen LogP contribution < -0.4 is 10.9 Å². The van der Waals surface area contributed by atoms with Crippen LogP contribution in [0.25, 0.3) is 10.2 Å². The molecule has 1 atom stereocenters. The zero-order valence-electron chi connectivity index (χ0n) is 16.1. The van der Waals surface area contributed by atoms with Gasteiger partial charge in [-0.3, -0.25) is 14.2 Å². The highest BCUT2D eigenvalue weighted by atomic mass is 32.1. The van der Waals surface area contributed by atoms with Crippen LogP contribution in [0, 0.1) is 6.92 Å². The normalized spacial score (nSPS) is 12.0. The van der Waals surface area contributed by atoms with E-state index in [4.69, 9.17) is 4.74 Å². The highest BCUT2D eigenvalue weighted by Gasteiger charge is 2.23. The Labute approximate surface area is 166 Å². The molecule has 0 spiro atoms. The van der Waals surface area contributed by atoms with Crippen molar-refractivity contribution in [2.24, 2.45) is 0 Å². The highest BCUT2D eigenvalue weighted by Crippen LogP contribution is 2.27. The van der Waals surface area contributed by atoms with Crippen LogP contribution in [-0.4, -0.2) is 28.5 Å². The number of carbonyl (C=O) groups is 2. The fraction of sp³-hybridized carbons (Fsp3) is 0.300. The number of hydrogen-bond acceptors (Lipinski definition) is 6. The molecule has 0 fully saturated rings. The van der Waals surface area contributed by atoms with E-state index in [1.807, 2.05) is 24.3 Å². The highest BCUT2D eigenvalue weighted by molar-refractivity contribution is 7.20. The lowest BCUT2D eigenvalue weighted by Gasteiger charge is -2.15. The maximum absolute atomic E-state index is 13.0. The minimum Gasteiger partial charge on any atom is -0.465 e. The van der Waals surface area contributed by atoms with Crippen molar-refractivity contribution in [1.29, 1.82) is 0 Å². The van der Waals surface area contributed by atoms with Crippen molar-refractivity contribution in [2.45, 2.75) is 33.2 Å². The first kappa shape index (κ1) is 19.8. The Morgan fingerprint density at radius 1 is 1.29 bits per heavy atom. The van der Waals surface area contributed by atoms with Gasteiger partial charge in [-0.1, -0.05) is 19.1 Å². The second kappa shape index (κ2) is 7.93. The molecule has 0 saturated carbocycles. The van der Waals surface area contributed by atoms with Gasteiger partial charge in [-0.25, -0.2) is 9.78 Å². The summed E-state index contributed by atoms with van der Waals surface area (Å²) in [5, 5.41) is 3.15. The molecule has 0 unspecified atom stereocenters. The fourth-order valence-corrected chi connectivity index (χ4v) is 3.95. The van der Waals surface area contributed by atoms with Crippen LogP contribution in [0.15, 0.2) is 35.4 Å². The second-order valence-electron chi connectivity index (χ2n) is 6.40. The lowest BCUT2D eigenvalue weighted by atomic mass is 10.1. The number of amides is 1. The van der Waals surface area contributed by atoms with Crippen LogP contribution in [-0.2, 0) is 16.0 Å². The van der Waals surface area contributed by atoms with Crippen LogP contribution in [0.2, 0.25) is 0 Å². The first-order valence-corrected chi connectivity index (χ1v) is 9.67. The number of esters is 1. The molecule has 146 valence electrons. The molecule has 0 aliphatic carbocycles. The zero-order valence-corrected chi connectivity index (χ0v) is 16.9. The number of hydrogen-bond donors (Lipinski definition) is 1. The quantitative estimate of drug-likeness (QED) is 0.665. The largest absolute Gasteiger partial charge is 0.465 e. The summed E-state index contributed by atoms with van der Waals surface area (Å²) in [6.07, 6.45) is 2.26. The minimum atomic E-state index is -0.767. The topological polar surface area (TPSA) is 90.3 Å². The van der Waals surface area contributed by atoms with Gasteiger partial charge in [0.1, 0.15) is 15.7 Å². The Hall–Kier alpha value is -3.00. The second-order valence-corrected chi connectivity index (χ2v) is 7.40. The molecule has 0 aliphatic rings. The lowest BCUT2D eigenvalue weighted by molar-refractivity contribution is -0.118. The molecule has 0 aliphatic heterocycles. The van der Waals surface area contributed by atoms with Gasteiger partial charge >= 0.3 is 5.97 Å². The van der Waals surface area contributed by atoms with Gasteiger partial charge < -0.3 is 10.1 Å². The third-order valence-electron chi connectivity index (χ3n) is 4.67. The third kappa shape index (κ3) is 3.55. The zero-order chi connectivity index (χ0) is 20.4. The van der Waals surface area contributed by atoms with E-state index in [1.165, 1.54) is 23.6 Å². The minimum absolute atomic E-state index is 0.325. The average molecular weight is 399 g/mol. The number of thiophene rings is 1. The van der Waals surface area contributed by atoms with Gasteiger partial charge in [0.25, 0.3) is 5.56 Å². The molecular weight excluding hydrogens is 378 g/mol. The molecule has 7 nitrogen and oxygen atoms in total. The molecule has 1 amide bonds. The van der Waals surface area contributed by atoms with E-state index in [0.29, 0.717) is 26.3 Å². The molecule has 1 aromatic carbocycles. The Morgan fingerprint density at radius 2 is 1.96 bits per heavy atom. The van der Waals surface area contributed by atoms with Crippen molar-refractivity contribution >= 4 is 39.1 Å². The van der Waals surface area contributed by atoms with E-state index >= 15 is 0 Å². The number of nitrogens with zero attached hydrogens (tertiary/aromatic N) is 2. The van der Waals surface area contributed by atoms with E-state index < -0.39 is 12.0 Å². The predicted molar refractivity (Wildman–Crippen MR) is 109 cm³/mol. The van der Waals surface area contributed by atoms with Crippen molar-refractivity contribution < 1.29 is 14.3 Å². The number of fused-ring (bicyclic) bond motifs is 1. The molecule has 1 N–H and O–H groups in total. The molecular formula is C20H21N3O4S. The predicted octanol–water partition coefficient (Wildman–Crippen LogP) is 3.32. The van der Waals surface area contributed by atoms with Gasteiger partial charge in [0.05, 0.1) is 18.8 Å². The maximum Gasteiger partial charge on any atom is 0.348 e. The van der Waals surface area contributed by atoms with Gasteiger partial charge in [0.2, 0.25) is 5.91 Å². The Kier molecular flexibility index (Phi) is 5.60. The first-order valence-electron chi connectivity index (χ1n) is 8.85. The van der Waals surface area contributed by atoms with E-state index in [9.17, 15) is 14.4 Å². The molecule has 0 radical (unpaired) electrons. The SMILES string of the molecule is CCc1ccc(NC(=O)[C@H](C)n2cnc3sc(C(=O)OC)c(C)c3c2=O)cc1. The fourth-order valence-electron chi connectivity index (χ4n) is 2.90.